The van der Waals surface area contributed by atoms with Crippen LogP contribution in [0, 0.1) is 0 Å². The van der Waals surface area contributed by atoms with Gasteiger partial charge in [-0.15, -0.1) is 11.3 Å². The minimum Gasteiger partial charge on any atom is -0.497 e. The van der Waals surface area contributed by atoms with E-state index in [4.69, 9.17) is 10.5 Å². The summed E-state index contributed by atoms with van der Waals surface area (Å²) in [6.45, 7) is 2.95. The van der Waals surface area contributed by atoms with Crippen LogP contribution in [0.4, 0.5) is 5.69 Å². The van der Waals surface area contributed by atoms with Crippen LogP contribution in [-0.4, -0.2) is 30.5 Å². The van der Waals surface area contributed by atoms with E-state index in [9.17, 15) is 4.79 Å². The van der Waals surface area contributed by atoms with Crippen molar-refractivity contribution in [2.45, 2.75) is 32.2 Å². The summed E-state index contributed by atoms with van der Waals surface area (Å²) in [6.07, 6.45) is 3.35. The van der Waals surface area contributed by atoms with E-state index in [1.54, 1.807) is 7.11 Å². The van der Waals surface area contributed by atoms with Crippen molar-refractivity contribution in [2.75, 3.05) is 19.4 Å². The van der Waals surface area contributed by atoms with Crippen molar-refractivity contribution in [1.29, 1.82) is 0 Å². The SMILES string of the molecule is COc1ccc2c(N)c(C(=O)N3CCCCC3C)sc2c1. The highest BCUT2D eigenvalue weighted by Gasteiger charge is 2.27. The number of carbonyl (C=O) groups excluding carboxylic acids is 1. The molecule has 1 aliphatic rings. The van der Waals surface area contributed by atoms with Gasteiger partial charge in [0.25, 0.3) is 5.91 Å². The van der Waals surface area contributed by atoms with E-state index in [1.165, 1.54) is 17.8 Å². The molecule has 1 aliphatic heterocycles. The van der Waals surface area contributed by atoms with Crippen molar-refractivity contribution in [2.24, 2.45) is 0 Å². The second kappa shape index (κ2) is 5.56. The zero-order valence-electron chi connectivity index (χ0n) is 12.4. The van der Waals surface area contributed by atoms with E-state index in [2.05, 4.69) is 6.92 Å². The first-order chi connectivity index (χ1) is 10.1. The third-order valence-electron chi connectivity index (χ3n) is 4.19. The zero-order chi connectivity index (χ0) is 15.0. The zero-order valence-corrected chi connectivity index (χ0v) is 13.2. The summed E-state index contributed by atoms with van der Waals surface area (Å²) >= 11 is 1.46. The molecule has 0 radical (unpaired) electrons. The van der Waals surface area contributed by atoms with Gasteiger partial charge in [0.2, 0.25) is 0 Å². The number of fused-ring (bicyclic) bond motifs is 1. The number of hydrogen-bond acceptors (Lipinski definition) is 4. The van der Waals surface area contributed by atoms with Gasteiger partial charge in [-0.05, 0) is 44.4 Å². The molecule has 2 heterocycles. The van der Waals surface area contributed by atoms with Gasteiger partial charge in [-0.2, -0.15) is 0 Å². The molecule has 0 aliphatic carbocycles. The fourth-order valence-electron chi connectivity index (χ4n) is 2.91. The predicted octanol–water partition coefficient (Wildman–Crippen LogP) is 3.51. The molecule has 1 unspecified atom stereocenters. The summed E-state index contributed by atoms with van der Waals surface area (Å²) in [5.41, 5.74) is 6.80. The topological polar surface area (TPSA) is 55.6 Å². The molecule has 21 heavy (non-hydrogen) atoms. The molecule has 1 aromatic heterocycles. The van der Waals surface area contributed by atoms with Crippen LogP contribution in [0.25, 0.3) is 10.1 Å². The Morgan fingerprint density at radius 2 is 2.24 bits per heavy atom. The predicted molar refractivity (Wildman–Crippen MR) is 87.1 cm³/mol. The number of rotatable bonds is 2. The number of hydrogen-bond donors (Lipinski definition) is 1. The van der Waals surface area contributed by atoms with E-state index in [0.29, 0.717) is 16.6 Å². The Kier molecular flexibility index (Phi) is 3.76. The Bertz CT molecular complexity index is 680. The molecule has 0 saturated carbocycles. The second-order valence-electron chi connectivity index (χ2n) is 5.55. The highest BCUT2D eigenvalue weighted by Crippen LogP contribution is 2.37. The van der Waals surface area contributed by atoms with Gasteiger partial charge in [-0.3, -0.25) is 4.79 Å². The average Bonchev–Trinajstić information content (AvgIpc) is 2.83. The summed E-state index contributed by atoms with van der Waals surface area (Å²) in [6, 6.07) is 6.04. The molecule has 0 bridgehead atoms. The van der Waals surface area contributed by atoms with Gasteiger partial charge in [0.05, 0.1) is 12.8 Å². The lowest BCUT2D eigenvalue weighted by Crippen LogP contribution is -2.41. The molecule has 1 amide bonds. The number of anilines is 1. The molecule has 1 atom stereocenters. The van der Waals surface area contributed by atoms with Crippen LogP contribution in [0.1, 0.15) is 35.9 Å². The number of nitrogens with zero attached hydrogens (tertiary/aromatic N) is 1. The van der Waals surface area contributed by atoms with E-state index < -0.39 is 0 Å². The van der Waals surface area contributed by atoms with Gasteiger partial charge >= 0.3 is 0 Å². The van der Waals surface area contributed by atoms with Crippen molar-refractivity contribution in [3.05, 3.63) is 23.1 Å². The van der Waals surface area contributed by atoms with Gasteiger partial charge in [-0.1, -0.05) is 0 Å². The number of likely N-dealkylation sites (tertiary alicyclic amines) is 1. The number of carbonyl (C=O) groups is 1. The minimum atomic E-state index is 0.0693. The fraction of sp³-hybridized carbons (Fsp3) is 0.438. The van der Waals surface area contributed by atoms with Crippen LogP contribution < -0.4 is 10.5 Å². The average molecular weight is 304 g/mol. The van der Waals surface area contributed by atoms with E-state index >= 15 is 0 Å². The maximum atomic E-state index is 12.8. The molecule has 4 nitrogen and oxygen atoms in total. The van der Waals surface area contributed by atoms with Crippen molar-refractivity contribution >= 4 is 33.0 Å². The Labute approximate surface area is 128 Å². The summed E-state index contributed by atoms with van der Waals surface area (Å²) < 4.78 is 6.24. The maximum Gasteiger partial charge on any atom is 0.266 e. The number of benzene rings is 1. The van der Waals surface area contributed by atoms with Gasteiger partial charge in [0.1, 0.15) is 10.6 Å². The van der Waals surface area contributed by atoms with Crippen molar-refractivity contribution < 1.29 is 9.53 Å². The van der Waals surface area contributed by atoms with Gasteiger partial charge in [-0.25, -0.2) is 0 Å². The number of amides is 1. The Morgan fingerprint density at radius 1 is 1.43 bits per heavy atom. The first-order valence-electron chi connectivity index (χ1n) is 7.29. The molecule has 2 aromatic rings. The van der Waals surface area contributed by atoms with E-state index in [0.717, 1.165) is 35.2 Å². The molecule has 1 fully saturated rings. The van der Waals surface area contributed by atoms with Crippen LogP contribution in [0.3, 0.4) is 0 Å². The molecule has 0 spiro atoms. The Hall–Kier alpha value is -1.75. The lowest BCUT2D eigenvalue weighted by molar-refractivity contribution is 0.0642. The summed E-state index contributed by atoms with van der Waals surface area (Å²) in [4.78, 5) is 15.4. The number of ether oxygens (including phenoxy) is 1. The Balaban J connectivity index is 1.99. The molecule has 2 N–H and O–H groups in total. The summed E-state index contributed by atoms with van der Waals surface area (Å²) in [7, 11) is 1.64. The Morgan fingerprint density at radius 3 is 2.95 bits per heavy atom. The first kappa shape index (κ1) is 14.2. The second-order valence-corrected chi connectivity index (χ2v) is 6.60. The quantitative estimate of drug-likeness (QED) is 0.923. The summed E-state index contributed by atoms with van der Waals surface area (Å²) in [5.74, 6) is 0.856. The monoisotopic (exact) mass is 304 g/mol. The number of piperidine rings is 1. The number of thiophene rings is 1. The van der Waals surface area contributed by atoms with Crippen LogP contribution in [-0.2, 0) is 0 Å². The minimum absolute atomic E-state index is 0.0693. The van der Waals surface area contributed by atoms with Crippen LogP contribution in [0.5, 0.6) is 5.75 Å². The van der Waals surface area contributed by atoms with E-state index in [-0.39, 0.29) is 5.91 Å². The standard InChI is InChI=1S/C16H20N2O2S/c1-10-5-3-4-8-18(10)16(19)15-14(17)12-7-6-11(20-2)9-13(12)21-15/h6-7,9-10H,3-5,8,17H2,1-2H3. The van der Waals surface area contributed by atoms with E-state index in [1.807, 2.05) is 23.1 Å². The number of nitrogen functional groups attached to an aromatic ring is 1. The van der Waals surface area contributed by atoms with Crippen molar-refractivity contribution in [3.8, 4) is 5.75 Å². The van der Waals surface area contributed by atoms with Crippen molar-refractivity contribution in [3.63, 3.8) is 0 Å². The fourth-order valence-corrected chi connectivity index (χ4v) is 4.02. The number of methoxy groups -OCH3 is 1. The third kappa shape index (κ3) is 2.46. The van der Waals surface area contributed by atoms with Gasteiger partial charge in [0.15, 0.2) is 0 Å². The highest BCUT2D eigenvalue weighted by atomic mass is 32.1. The number of nitrogens with two attached hydrogens (primary N) is 1. The van der Waals surface area contributed by atoms with Gasteiger partial charge < -0.3 is 15.4 Å². The largest absolute Gasteiger partial charge is 0.497 e. The maximum absolute atomic E-state index is 12.8. The molecule has 112 valence electrons. The molecule has 1 aromatic carbocycles. The normalized spacial score (nSPS) is 19.0. The van der Waals surface area contributed by atoms with Crippen LogP contribution >= 0.6 is 11.3 Å². The lowest BCUT2D eigenvalue weighted by Gasteiger charge is -2.33. The summed E-state index contributed by atoms with van der Waals surface area (Å²) in [5, 5.41) is 0.939. The van der Waals surface area contributed by atoms with Crippen molar-refractivity contribution in [1.82, 2.24) is 4.90 Å². The molecular formula is C16H20N2O2S. The molecule has 3 rings (SSSR count). The van der Waals surface area contributed by atoms with Crippen LogP contribution in [0.2, 0.25) is 0 Å². The molecular weight excluding hydrogens is 284 g/mol. The first-order valence-corrected chi connectivity index (χ1v) is 8.10. The molecule has 1 saturated heterocycles. The third-order valence-corrected chi connectivity index (χ3v) is 5.35. The van der Waals surface area contributed by atoms with Crippen LogP contribution in [0.15, 0.2) is 18.2 Å². The molecule has 5 heteroatoms. The van der Waals surface area contributed by atoms with Gasteiger partial charge in [0, 0.05) is 22.7 Å². The highest BCUT2D eigenvalue weighted by molar-refractivity contribution is 7.21. The smallest absolute Gasteiger partial charge is 0.266 e. The lowest BCUT2D eigenvalue weighted by atomic mass is 10.0.